The van der Waals surface area contributed by atoms with Crippen LogP contribution in [0.3, 0.4) is 0 Å². The average molecular weight is 375 g/mol. The molecule has 1 atom stereocenters. The van der Waals surface area contributed by atoms with Crippen molar-refractivity contribution in [3.63, 3.8) is 0 Å². The van der Waals surface area contributed by atoms with Crippen molar-refractivity contribution in [2.45, 2.75) is 12.3 Å². The van der Waals surface area contributed by atoms with E-state index in [9.17, 15) is 4.39 Å². The first kappa shape index (κ1) is 13.8. The summed E-state index contributed by atoms with van der Waals surface area (Å²) in [5, 5.41) is 0. The number of benzene rings is 2. The van der Waals surface area contributed by atoms with Gasteiger partial charge < -0.3 is 0 Å². The first-order valence-corrected chi connectivity index (χ1v) is 7.37. The van der Waals surface area contributed by atoms with Gasteiger partial charge in [0.2, 0.25) is 0 Å². The highest BCUT2D eigenvalue weighted by molar-refractivity contribution is 14.1. The van der Waals surface area contributed by atoms with Crippen LogP contribution in [0, 0.1) is 9.39 Å². The molecular formula is C15H13ClFI. The van der Waals surface area contributed by atoms with Gasteiger partial charge in [-0.15, -0.1) is 11.6 Å². The minimum Gasteiger partial charge on any atom is -0.207 e. The Balaban J connectivity index is 2.20. The third kappa shape index (κ3) is 3.45. The molecule has 2 aromatic rings. The van der Waals surface area contributed by atoms with Crippen molar-refractivity contribution in [3.8, 4) is 0 Å². The summed E-state index contributed by atoms with van der Waals surface area (Å²) in [5.41, 5.74) is 1.88. The predicted molar refractivity (Wildman–Crippen MR) is 82.7 cm³/mol. The number of halogens is 3. The quantitative estimate of drug-likeness (QED) is 0.522. The van der Waals surface area contributed by atoms with E-state index in [2.05, 4.69) is 46.9 Å². The maximum atomic E-state index is 13.7. The van der Waals surface area contributed by atoms with Gasteiger partial charge in [0.1, 0.15) is 5.82 Å². The molecule has 0 amide bonds. The summed E-state index contributed by atoms with van der Waals surface area (Å²) in [6, 6.07) is 15.1. The highest BCUT2D eigenvalue weighted by atomic mass is 127. The zero-order chi connectivity index (χ0) is 13.0. The molecule has 0 bridgehead atoms. The van der Waals surface area contributed by atoms with E-state index in [0.717, 1.165) is 6.42 Å². The van der Waals surface area contributed by atoms with Gasteiger partial charge in [0.25, 0.3) is 0 Å². The van der Waals surface area contributed by atoms with Crippen LogP contribution in [0.4, 0.5) is 4.39 Å². The van der Waals surface area contributed by atoms with Crippen molar-refractivity contribution in [2.24, 2.45) is 0 Å². The summed E-state index contributed by atoms with van der Waals surface area (Å²) in [7, 11) is 0. The van der Waals surface area contributed by atoms with Crippen LogP contribution in [0.5, 0.6) is 0 Å². The zero-order valence-electron chi connectivity index (χ0n) is 9.74. The molecule has 0 nitrogen and oxygen atoms in total. The topological polar surface area (TPSA) is 0 Å². The Bertz CT molecular complexity index is 510. The fourth-order valence-corrected chi connectivity index (χ4v) is 2.59. The zero-order valence-corrected chi connectivity index (χ0v) is 12.7. The van der Waals surface area contributed by atoms with Crippen molar-refractivity contribution in [1.29, 1.82) is 0 Å². The number of hydrogen-bond donors (Lipinski definition) is 0. The molecular weight excluding hydrogens is 362 g/mol. The number of alkyl halides is 1. The van der Waals surface area contributed by atoms with Crippen molar-refractivity contribution < 1.29 is 4.39 Å². The Labute approximate surface area is 125 Å². The minimum absolute atomic E-state index is 0.0212. The second-order valence-electron chi connectivity index (χ2n) is 4.20. The smallest absolute Gasteiger partial charge is 0.126 e. The molecule has 3 heteroatoms. The molecule has 0 aliphatic rings. The van der Waals surface area contributed by atoms with Crippen LogP contribution >= 0.6 is 34.2 Å². The van der Waals surface area contributed by atoms with E-state index in [1.165, 1.54) is 15.2 Å². The minimum atomic E-state index is -0.173. The second kappa shape index (κ2) is 6.53. The summed E-state index contributed by atoms with van der Waals surface area (Å²) < 4.78 is 14.9. The van der Waals surface area contributed by atoms with Crippen LogP contribution in [-0.4, -0.2) is 5.88 Å². The van der Waals surface area contributed by atoms with Crippen LogP contribution in [0.2, 0.25) is 0 Å². The highest BCUT2D eigenvalue weighted by Crippen LogP contribution is 2.25. The monoisotopic (exact) mass is 374 g/mol. The molecule has 0 saturated carbocycles. The summed E-state index contributed by atoms with van der Waals surface area (Å²) in [6.07, 6.45) is 0.765. The van der Waals surface area contributed by atoms with Crippen LogP contribution in [0.25, 0.3) is 0 Å². The van der Waals surface area contributed by atoms with E-state index in [4.69, 9.17) is 11.6 Å². The second-order valence-corrected chi connectivity index (χ2v) is 5.76. The molecule has 0 saturated heterocycles. The molecule has 94 valence electrons. The molecule has 0 radical (unpaired) electrons. The third-order valence-electron chi connectivity index (χ3n) is 2.93. The van der Waals surface area contributed by atoms with Crippen LogP contribution < -0.4 is 0 Å². The molecule has 0 heterocycles. The molecule has 2 aromatic carbocycles. The van der Waals surface area contributed by atoms with Gasteiger partial charge in [0.05, 0.1) is 0 Å². The lowest BCUT2D eigenvalue weighted by atomic mass is 9.93. The summed E-state index contributed by atoms with van der Waals surface area (Å²) in [5.74, 6) is 0.272. The summed E-state index contributed by atoms with van der Waals surface area (Å²) >= 11 is 8.26. The van der Waals surface area contributed by atoms with Gasteiger partial charge in [-0.2, -0.15) is 0 Å². The number of hydrogen-bond acceptors (Lipinski definition) is 0. The van der Waals surface area contributed by atoms with Crippen LogP contribution in [-0.2, 0) is 6.42 Å². The standard InChI is InChI=1S/C15H13ClFI/c16-10-12(14-3-1-2-4-15(14)17)9-11-5-7-13(18)8-6-11/h1-8,12H,9-10H2. The molecule has 2 rings (SSSR count). The SMILES string of the molecule is Fc1ccccc1C(CCl)Cc1ccc(I)cc1. The fraction of sp³-hybridized carbons (Fsp3) is 0.200. The number of rotatable bonds is 4. The van der Waals surface area contributed by atoms with E-state index < -0.39 is 0 Å². The Kier molecular flexibility index (Phi) is 5.01. The van der Waals surface area contributed by atoms with E-state index in [1.807, 2.05) is 12.1 Å². The van der Waals surface area contributed by atoms with E-state index in [-0.39, 0.29) is 11.7 Å². The molecule has 0 aliphatic heterocycles. The molecule has 0 fully saturated rings. The maximum Gasteiger partial charge on any atom is 0.126 e. The molecule has 1 unspecified atom stereocenters. The van der Waals surface area contributed by atoms with Crippen LogP contribution in [0.1, 0.15) is 17.0 Å². The van der Waals surface area contributed by atoms with Crippen molar-refractivity contribution in [2.75, 3.05) is 5.88 Å². The van der Waals surface area contributed by atoms with Gasteiger partial charge >= 0.3 is 0 Å². The molecule has 18 heavy (non-hydrogen) atoms. The Morgan fingerprint density at radius 3 is 2.33 bits per heavy atom. The van der Waals surface area contributed by atoms with E-state index >= 15 is 0 Å². The van der Waals surface area contributed by atoms with Gasteiger partial charge in [0, 0.05) is 15.4 Å². The van der Waals surface area contributed by atoms with E-state index in [1.54, 1.807) is 6.07 Å². The Morgan fingerprint density at radius 1 is 1.06 bits per heavy atom. The normalized spacial score (nSPS) is 12.4. The van der Waals surface area contributed by atoms with Gasteiger partial charge in [-0.25, -0.2) is 4.39 Å². The summed E-state index contributed by atoms with van der Waals surface area (Å²) in [4.78, 5) is 0. The summed E-state index contributed by atoms with van der Waals surface area (Å²) in [6.45, 7) is 0. The lowest BCUT2D eigenvalue weighted by Gasteiger charge is -2.15. The molecule has 0 N–H and O–H groups in total. The largest absolute Gasteiger partial charge is 0.207 e. The maximum absolute atomic E-state index is 13.7. The van der Waals surface area contributed by atoms with Gasteiger partial charge in [0.15, 0.2) is 0 Å². The highest BCUT2D eigenvalue weighted by Gasteiger charge is 2.14. The lowest BCUT2D eigenvalue weighted by Crippen LogP contribution is -2.07. The third-order valence-corrected chi connectivity index (χ3v) is 4.02. The fourth-order valence-electron chi connectivity index (χ4n) is 1.96. The first-order valence-electron chi connectivity index (χ1n) is 5.75. The Morgan fingerprint density at radius 2 is 1.72 bits per heavy atom. The Hall–Kier alpha value is -0.610. The molecule has 0 spiro atoms. The lowest BCUT2D eigenvalue weighted by molar-refractivity contribution is 0.589. The van der Waals surface area contributed by atoms with Gasteiger partial charge in [-0.05, 0) is 58.3 Å². The van der Waals surface area contributed by atoms with Crippen molar-refractivity contribution >= 4 is 34.2 Å². The van der Waals surface area contributed by atoms with Crippen molar-refractivity contribution in [3.05, 3.63) is 69.0 Å². The van der Waals surface area contributed by atoms with Gasteiger partial charge in [-0.3, -0.25) is 0 Å². The van der Waals surface area contributed by atoms with Gasteiger partial charge in [-0.1, -0.05) is 30.3 Å². The van der Waals surface area contributed by atoms with Crippen LogP contribution in [0.15, 0.2) is 48.5 Å². The first-order chi connectivity index (χ1) is 8.70. The molecule has 0 aliphatic carbocycles. The molecule has 0 aromatic heterocycles. The average Bonchev–Trinajstić information content (AvgIpc) is 2.39. The van der Waals surface area contributed by atoms with Crippen molar-refractivity contribution in [1.82, 2.24) is 0 Å². The predicted octanol–water partition coefficient (Wildman–Crippen LogP) is 5.00. The van der Waals surface area contributed by atoms with E-state index in [0.29, 0.717) is 11.4 Å².